The predicted octanol–water partition coefficient (Wildman–Crippen LogP) is 5.48. The van der Waals surface area contributed by atoms with Crippen molar-refractivity contribution in [3.8, 4) is 0 Å². The number of anilines is 2. The maximum Gasteiger partial charge on any atom is 0.131 e. The summed E-state index contributed by atoms with van der Waals surface area (Å²) in [6.07, 6.45) is 6.36. The maximum absolute atomic E-state index is 5.19. The summed E-state index contributed by atoms with van der Waals surface area (Å²) in [5, 5.41) is 7.39. The zero-order valence-electron chi connectivity index (χ0n) is 15.2. The van der Waals surface area contributed by atoms with Gasteiger partial charge in [0.15, 0.2) is 0 Å². The average Bonchev–Trinajstić information content (AvgIpc) is 2.64. The third-order valence-corrected chi connectivity index (χ3v) is 5.55. The normalized spacial score (nSPS) is 25.1. The number of aliphatic imine (C=N–C) groups is 1. The first-order chi connectivity index (χ1) is 12.1. The Morgan fingerprint density at radius 1 is 0.920 bits per heavy atom. The highest BCUT2D eigenvalue weighted by Crippen LogP contribution is 2.37. The molecule has 3 nitrogen and oxygen atoms in total. The van der Waals surface area contributed by atoms with Gasteiger partial charge in [0.05, 0.1) is 17.4 Å². The zero-order valence-corrected chi connectivity index (χ0v) is 15.2. The zero-order chi connectivity index (χ0) is 17.3. The molecule has 3 heteroatoms. The topological polar surface area (TPSA) is 36.4 Å². The van der Waals surface area contributed by atoms with Crippen LogP contribution in [-0.4, -0.2) is 11.9 Å². The molecular formula is C22H27N3. The third kappa shape index (κ3) is 3.15. The molecule has 2 aromatic rings. The van der Waals surface area contributed by atoms with Gasteiger partial charge in [-0.05, 0) is 44.4 Å². The number of hydrogen-bond acceptors (Lipinski definition) is 2. The fourth-order valence-corrected chi connectivity index (χ4v) is 3.93. The molecule has 0 saturated heterocycles. The van der Waals surface area contributed by atoms with Crippen LogP contribution in [0.2, 0.25) is 0 Å². The molecule has 0 bridgehead atoms. The van der Waals surface area contributed by atoms with Crippen LogP contribution in [0.5, 0.6) is 0 Å². The number of para-hydroxylation sites is 2. The average molecular weight is 333 g/mol. The molecule has 2 aromatic carbocycles. The minimum Gasteiger partial charge on any atom is -0.368 e. The number of rotatable bonds is 2. The monoisotopic (exact) mass is 333 g/mol. The highest BCUT2D eigenvalue weighted by Gasteiger charge is 2.37. The van der Waals surface area contributed by atoms with E-state index < -0.39 is 0 Å². The van der Waals surface area contributed by atoms with Crippen molar-refractivity contribution in [1.29, 1.82) is 0 Å². The van der Waals surface area contributed by atoms with Crippen molar-refractivity contribution in [3.05, 3.63) is 59.7 Å². The van der Waals surface area contributed by atoms with Gasteiger partial charge in [-0.3, -0.25) is 4.99 Å². The summed E-state index contributed by atoms with van der Waals surface area (Å²) in [6, 6.07) is 17.6. The van der Waals surface area contributed by atoms with Crippen LogP contribution in [0.25, 0.3) is 0 Å². The van der Waals surface area contributed by atoms with Crippen LogP contribution < -0.4 is 10.6 Å². The maximum atomic E-state index is 5.19. The number of amidine groups is 1. The fraction of sp³-hybridized carbons (Fsp3) is 0.409. The SMILES string of the molecule is Cc1ccc(C2(C)Nc3ccccc3NC2=NC2CCCCC2)cc1. The number of hydrogen-bond donors (Lipinski definition) is 2. The quantitative estimate of drug-likeness (QED) is 0.763. The fourth-order valence-electron chi connectivity index (χ4n) is 3.93. The van der Waals surface area contributed by atoms with Gasteiger partial charge in [0.1, 0.15) is 11.4 Å². The van der Waals surface area contributed by atoms with Crippen LogP contribution >= 0.6 is 0 Å². The lowest BCUT2D eigenvalue weighted by Gasteiger charge is -2.40. The van der Waals surface area contributed by atoms with E-state index in [1.165, 1.54) is 43.2 Å². The van der Waals surface area contributed by atoms with E-state index in [0.29, 0.717) is 6.04 Å². The summed E-state index contributed by atoms with van der Waals surface area (Å²) in [5.41, 5.74) is 4.44. The Morgan fingerprint density at radius 2 is 1.60 bits per heavy atom. The Kier molecular flexibility index (Phi) is 4.24. The van der Waals surface area contributed by atoms with Gasteiger partial charge in [-0.15, -0.1) is 0 Å². The smallest absolute Gasteiger partial charge is 0.131 e. The predicted molar refractivity (Wildman–Crippen MR) is 107 cm³/mol. The molecule has 1 heterocycles. The van der Waals surface area contributed by atoms with Crippen molar-refractivity contribution in [2.75, 3.05) is 10.6 Å². The Hall–Kier alpha value is -2.29. The molecular weight excluding hydrogens is 306 g/mol. The van der Waals surface area contributed by atoms with E-state index >= 15 is 0 Å². The molecule has 1 unspecified atom stereocenters. The summed E-state index contributed by atoms with van der Waals surface area (Å²) in [4.78, 5) is 5.19. The first kappa shape index (κ1) is 16.2. The van der Waals surface area contributed by atoms with E-state index in [1.54, 1.807) is 0 Å². The Bertz CT molecular complexity index is 772. The lowest BCUT2D eigenvalue weighted by molar-refractivity contribution is 0.441. The van der Waals surface area contributed by atoms with E-state index in [1.807, 2.05) is 0 Å². The first-order valence-electron chi connectivity index (χ1n) is 9.45. The van der Waals surface area contributed by atoms with Gasteiger partial charge >= 0.3 is 0 Å². The molecule has 0 amide bonds. The van der Waals surface area contributed by atoms with Crippen molar-refractivity contribution in [2.24, 2.45) is 4.99 Å². The second-order valence-electron chi connectivity index (χ2n) is 7.56. The third-order valence-electron chi connectivity index (χ3n) is 5.55. The van der Waals surface area contributed by atoms with Gasteiger partial charge in [-0.1, -0.05) is 61.2 Å². The lowest BCUT2D eigenvalue weighted by atomic mass is 9.86. The van der Waals surface area contributed by atoms with E-state index in [2.05, 4.69) is 73.0 Å². The Labute approximate surface area is 150 Å². The van der Waals surface area contributed by atoms with Gasteiger partial charge in [0.25, 0.3) is 0 Å². The molecule has 25 heavy (non-hydrogen) atoms. The van der Waals surface area contributed by atoms with Crippen molar-refractivity contribution < 1.29 is 0 Å². The second-order valence-corrected chi connectivity index (χ2v) is 7.56. The molecule has 0 aromatic heterocycles. The van der Waals surface area contributed by atoms with Crippen LogP contribution in [0.3, 0.4) is 0 Å². The van der Waals surface area contributed by atoms with Crippen LogP contribution in [0, 0.1) is 6.92 Å². The molecule has 2 N–H and O–H groups in total. The molecule has 1 fully saturated rings. The van der Waals surface area contributed by atoms with Crippen molar-refractivity contribution in [3.63, 3.8) is 0 Å². The van der Waals surface area contributed by atoms with Crippen LogP contribution in [0.4, 0.5) is 11.4 Å². The number of nitrogens with zero attached hydrogens (tertiary/aromatic N) is 1. The van der Waals surface area contributed by atoms with Crippen molar-refractivity contribution in [2.45, 2.75) is 57.5 Å². The molecule has 0 radical (unpaired) electrons. The standard InChI is InChI=1S/C22H27N3/c1-16-12-14-17(15-13-16)22(2)21(23-18-8-4-3-5-9-18)24-19-10-6-7-11-20(19)25-22/h6-7,10-15,18,25H,3-5,8-9H2,1-2H3,(H,23,24). The summed E-state index contributed by atoms with van der Waals surface area (Å²) in [6.45, 7) is 4.37. The van der Waals surface area contributed by atoms with Gasteiger partial charge < -0.3 is 10.6 Å². The highest BCUT2D eigenvalue weighted by atomic mass is 15.2. The summed E-state index contributed by atoms with van der Waals surface area (Å²) < 4.78 is 0. The van der Waals surface area contributed by atoms with Crippen LogP contribution in [-0.2, 0) is 5.54 Å². The number of fused-ring (bicyclic) bond motifs is 1. The van der Waals surface area contributed by atoms with E-state index in [9.17, 15) is 0 Å². The van der Waals surface area contributed by atoms with Gasteiger partial charge in [-0.25, -0.2) is 0 Å². The Balaban J connectivity index is 1.77. The molecule has 4 rings (SSSR count). The number of aryl methyl sites for hydroxylation is 1. The summed E-state index contributed by atoms with van der Waals surface area (Å²) in [7, 11) is 0. The van der Waals surface area contributed by atoms with Crippen LogP contribution in [0.15, 0.2) is 53.5 Å². The molecule has 1 aliphatic carbocycles. The molecule has 2 aliphatic rings. The first-order valence-corrected chi connectivity index (χ1v) is 9.45. The Morgan fingerprint density at radius 3 is 2.32 bits per heavy atom. The summed E-state index contributed by atoms with van der Waals surface area (Å²) >= 11 is 0. The minimum absolute atomic E-state index is 0.334. The van der Waals surface area contributed by atoms with Gasteiger partial charge in [0.2, 0.25) is 0 Å². The van der Waals surface area contributed by atoms with E-state index in [-0.39, 0.29) is 5.54 Å². The van der Waals surface area contributed by atoms with Crippen molar-refractivity contribution in [1.82, 2.24) is 0 Å². The minimum atomic E-state index is -0.334. The molecule has 1 aliphatic heterocycles. The molecule has 0 spiro atoms. The second kappa shape index (κ2) is 6.55. The van der Waals surface area contributed by atoms with E-state index in [0.717, 1.165) is 17.2 Å². The number of benzene rings is 2. The summed E-state index contributed by atoms with van der Waals surface area (Å²) in [5.74, 6) is 1.04. The van der Waals surface area contributed by atoms with Crippen LogP contribution in [0.1, 0.15) is 50.2 Å². The van der Waals surface area contributed by atoms with Gasteiger partial charge in [-0.2, -0.15) is 0 Å². The lowest BCUT2D eigenvalue weighted by Crippen LogP contribution is -2.48. The van der Waals surface area contributed by atoms with E-state index in [4.69, 9.17) is 4.99 Å². The highest BCUT2D eigenvalue weighted by molar-refractivity contribution is 6.09. The molecule has 1 atom stereocenters. The van der Waals surface area contributed by atoms with Crippen molar-refractivity contribution >= 4 is 17.2 Å². The number of nitrogens with one attached hydrogen (secondary N) is 2. The molecule has 130 valence electrons. The largest absolute Gasteiger partial charge is 0.368 e. The molecule has 1 saturated carbocycles. The van der Waals surface area contributed by atoms with Gasteiger partial charge in [0, 0.05) is 0 Å².